The summed E-state index contributed by atoms with van der Waals surface area (Å²) in [6.45, 7) is 0.220. The van der Waals surface area contributed by atoms with E-state index in [-0.39, 0.29) is 18.1 Å². The maximum Gasteiger partial charge on any atom is 0.271 e. The van der Waals surface area contributed by atoms with Crippen LogP contribution in [-0.2, 0) is 11.3 Å². The van der Waals surface area contributed by atoms with Gasteiger partial charge in [-0.25, -0.2) is 0 Å². The van der Waals surface area contributed by atoms with Crippen molar-refractivity contribution in [3.05, 3.63) is 40.6 Å². The first-order valence-corrected chi connectivity index (χ1v) is 6.55. The Morgan fingerprint density at radius 2 is 2.20 bits per heavy atom. The number of aromatic nitrogens is 1. The van der Waals surface area contributed by atoms with E-state index in [1.807, 2.05) is 13.1 Å². The van der Waals surface area contributed by atoms with Gasteiger partial charge in [0.05, 0.1) is 10.4 Å². The average molecular weight is 273 g/mol. The Morgan fingerprint density at radius 1 is 1.45 bits per heavy atom. The van der Waals surface area contributed by atoms with Crippen molar-refractivity contribution >= 4 is 22.5 Å². The lowest BCUT2D eigenvalue weighted by Gasteiger charge is -2.16. The van der Waals surface area contributed by atoms with Crippen LogP contribution in [0.3, 0.4) is 0 Å². The van der Waals surface area contributed by atoms with Crippen molar-refractivity contribution in [3.63, 3.8) is 0 Å². The topological polar surface area (TPSA) is 68.4 Å². The standard InChI is InChI=1S/C14H15N3O3/c1-15(11-4-5-11)14(18)9-16-7-6-10-2-3-12(17(19)20)8-13(10)16/h2-3,6-8,11H,4-5,9H2,1H3. The molecule has 1 heterocycles. The van der Waals surface area contributed by atoms with Crippen molar-refractivity contribution in [3.8, 4) is 0 Å². The number of nitro groups is 1. The first kappa shape index (κ1) is 12.7. The number of hydrogen-bond acceptors (Lipinski definition) is 3. The van der Waals surface area contributed by atoms with Gasteiger partial charge in [0.25, 0.3) is 5.69 Å². The SMILES string of the molecule is CN(C(=O)Cn1ccc2ccc([N+](=O)[O-])cc21)C1CC1. The van der Waals surface area contributed by atoms with E-state index in [1.165, 1.54) is 12.1 Å². The van der Waals surface area contributed by atoms with E-state index in [0.29, 0.717) is 6.04 Å². The molecule has 6 nitrogen and oxygen atoms in total. The van der Waals surface area contributed by atoms with Crippen LogP contribution in [0.25, 0.3) is 10.9 Å². The summed E-state index contributed by atoms with van der Waals surface area (Å²) >= 11 is 0. The fourth-order valence-electron chi connectivity index (χ4n) is 2.35. The van der Waals surface area contributed by atoms with Crippen molar-refractivity contribution < 1.29 is 9.72 Å². The van der Waals surface area contributed by atoms with Gasteiger partial charge in [0.15, 0.2) is 0 Å². The minimum Gasteiger partial charge on any atom is -0.341 e. The number of non-ortho nitro benzene ring substituents is 1. The molecule has 1 aromatic heterocycles. The summed E-state index contributed by atoms with van der Waals surface area (Å²) in [5.74, 6) is 0.0384. The molecule has 1 aliphatic rings. The van der Waals surface area contributed by atoms with Gasteiger partial charge in [0.2, 0.25) is 5.91 Å². The van der Waals surface area contributed by atoms with Crippen LogP contribution in [0.4, 0.5) is 5.69 Å². The highest BCUT2D eigenvalue weighted by Gasteiger charge is 2.29. The lowest BCUT2D eigenvalue weighted by Crippen LogP contribution is -2.31. The lowest BCUT2D eigenvalue weighted by atomic mass is 10.2. The number of fused-ring (bicyclic) bond motifs is 1. The molecule has 0 saturated heterocycles. The van der Waals surface area contributed by atoms with Crippen LogP contribution in [0.1, 0.15) is 12.8 Å². The average Bonchev–Trinajstić information content (AvgIpc) is 3.20. The Kier molecular flexibility index (Phi) is 2.93. The van der Waals surface area contributed by atoms with Crippen LogP contribution < -0.4 is 0 Å². The monoisotopic (exact) mass is 273 g/mol. The molecule has 0 bridgehead atoms. The molecular formula is C14H15N3O3. The molecule has 3 rings (SSSR count). The van der Waals surface area contributed by atoms with Crippen molar-refractivity contribution in [2.75, 3.05) is 7.05 Å². The number of carbonyl (C=O) groups is 1. The largest absolute Gasteiger partial charge is 0.341 e. The molecule has 104 valence electrons. The smallest absolute Gasteiger partial charge is 0.271 e. The minimum absolute atomic E-state index is 0.0384. The number of hydrogen-bond donors (Lipinski definition) is 0. The molecule has 0 N–H and O–H groups in total. The van der Waals surface area contributed by atoms with E-state index in [9.17, 15) is 14.9 Å². The van der Waals surface area contributed by atoms with Crippen LogP contribution in [0, 0.1) is 10.1 Å². The summed E-state index contributed by atoms with van der Waals surface area (Å²) < 4.78 is 1.77. The van der Waals surface area contributed by atoms with Crippen molar-refractivity contribution in [1.82, 2.24) is 9.47 Å². The van der Waals surface area contributed by atoms with Gasteiger partial charge in [-0.15, -0.1) is 0 Å². The third-order valence-corrected chi connectivity index (χ3v) is 3.76. The quantitative estimate of drug-likeness (QED) is 0.633. The van der Waals surface area contributed by atoms with Crippen molar-refractivity contribution in [2.45, 2.75) is 25.4 Å². The van der Waals surface area contributed by atoms with E-state index in [2.05, 4.69) is 0 Å². The predicted octanol–water partition coefficient (Wildman–Crippen LogP) is 2.17. The van der Waals surface area contributed by atoms with Gasteiger partial charge in [0, 0.05) is 36.8 Å². The zero-order valence-corrected chi connectivity index (χ0v) is 11.2. The van der Waals surface area contributed by atoms with Gasteiger partial charge in [-0.2, -0.15) is 0 Å². The second-order valence-electron chi connectivity index (χ2n) is 5.18. The Balaban J connectivity index is 1.88. The molecule has 20 heavy (non-hydrogen) atoms. The van der Waals surface area contributed by atoms with Crippen LogP contribution in [0.2, 0.25) is 0 Å². The fourth-order valence-corrected chi connectivity index (χ4v) is 2.35. The Morgan fingerprint density at radius 3 is 2.85 bits per heavy atom. The molecule has 0 aliphatic heterocycles. The molecule has 2 aromatic rings. The van der Waals surface area contributed by atoms with Crippen molar-refractivity contribution in [2.24, 2.45) is 0 Å². The van der Waals surface area contributed by atoms with Crippen LogP contribution in [0.5, 0.6) is 0 Å². The second-order valence-corrected chi connectivity index (χ2v) is 5.18. The van der Waals surface area contributed by atoms with E-state index >= 15 is 0 Å². The maximum absolute atomic E-state index is 12.1. The summed E-state index contributed by atoms with van der Waals surface area (Å²) in [4.78, 5) is 24.3. The first-order valence-electron chi connectivity index (χ1n) is 6.55. The zero-order valence-electron chi connectivity index (χ0n) is 11.2. The third-order valence-electron chi connectivity index (χ3n) is 3.76. The fraction of sp³-hybridized carbons (Fsp3) is 0.357. The highest BCUT2D eigenvalue weighted by atomic mass is 16.6. The zero-order chi connectivity index (χ0) is 14.3. The number of nitro benzene ring substituents is 1. The number of carbonyl (C=O) groups excluding carboxylic acids is 1. The van der Waals surface area contributed by atoms with E-state index in [4.69, 9.17) is 0 Å². The summed E-state index contributed by atoms with van der Waals surface area (Å²) in [5.41, 5.74) is 0.761. The molecule has 1 saturated carbocycles. The second kappa shape index (κ2) is 4.63. The molecule has 1 aromatic carbocycles. The van der Waals surface area contributed by atoms with Gasteiger partial charge in [-0.1, -0.05) is 0 Å². The Hall–Kier alpha value is -2.37. The van der Waals surface area contributed by atoms with Gasteiger partial charge < -0.3 is 9.47 Å². The minimum atomic E-state index is -0.422. The molecular weight excluding hydrogens is 258 g/mol. The third kappa shape index (κ3) is 2.24. The molecule has 0 unspecified atom stereocenters. The number of benzene rings is 1. The molecule has 0 atom stereocenters. The predicted molar refractivity (Wildman–Crippen MR) is 74.4 cm³/mol. The van der Waals surface area contributed by atoms with Gasteiger partial charge in [0.1, 0.15) is 6.54 Å². The molecule has 1 amide bonds. The number of amides is 1. The molecule has 6 heteroatoms. The Labute approximate surface area is 115 Å². The summed E-state index contributed by atoms with van der Waals surface area (Å²) in [5, 5.41) is 11.7. The van der Waals surface area contributed by atoms with Crippen molar-refractivity contribution in [1.29, 1.82) is 0 Å². The molecule has 0 spiro atoms. The van der Waals surface area contributed by atoms with Crippen LogP contribution >= 0.6 is 0 Å². The maximum atomic E-state index is 12.1. The van der Waals surface area contributed by atoms with Crippen LogP contribution in [0.15, 0.2) is 30.5 Å². The first-order chi connectivity index (χ1) is 9.56. The molecule has 1 fully saturated rings. The van der Waals surface area contributed by atoms with Crippen LogP contribution in [-0.4, -0.2) is 33.4 Å². The summed E-state index contributed by atoms with van der Waals surface area (Å²) in [7, 11) is 1.81. The van der Waals surface area contributed by atoms with E-state index in [1.54, 1.807) is 21.7 Å². The normalized spacial score (nSPS) is 14.4. The number of nitrogens with zero attached hydrogens (tertiary/aromatic N) is 3. The molecule has 1 aliphatic carbocycles. The molecule has 0 radical (unpaired) electrons. The van der Waals surface area contributed by atoms with Gasteiger partial charge >= 0.3 is 0 Å². The summed E-state index contributed by atoms with van der Waals surface area (Å²) in [6, 6.07) is 6.94. The summed E-state index contributed by atoms with van der Waals surface area (Å²) in [6.07, 6.45) is 3.94. The highest BCUT2D eigenvalue weighted by Crippen LogP contribution is 2.26. The number of rotatable bonds is 4. The van der Waals surface area contributed by atoms with E-state index < -0.39 is 4.92 Å². The Bertz CT molecular complexity index is 688. The van der Waals surface area contributed by atoms with Gasteiger partial charge in [-0.3, -0.25) is 14.9 Å². The van der Waals surface area contributed by atoms with Gasteiger partial charge in [-0.05, 0) is 25.0 Å². The number of likely N-dealkylation sites (N-methyl/N-ethyl adjacent to an activating group) is 1. The van der Waals surface area contributed by atoms with E-state index in [0.717, 1.165) is 23.7 Å². The lowest BCUT2D eigenvalue weighted by molar-refractivity contribution is -0.384. The highest BCUT2D eigenvalue weighted by molar-refractivity contribution is 5.85.